The smallest absolute Gasteiger partial charge is 0.0166 e. The van der Waals surface area contributed by atoms with Crippen LogP contribution in [0, 0.1) is 5.92 Å². The predicted molar refractivity (Wildman–Crippen MR) is 67.2 cm³/mol. The van der Waals surface area contributed by atoms with Crippen LogP contribution in [0.15, 0.2) is 0 Å². The average Bonchev–Trinajstić information content (AvgIpc) is 2.19. The largest absolute Gasteiger partial charge is 0.313 e. The summed E-state index contributed by atoms with van der Waals surface area (Å²) in [5.74, 6) is 0.970. The van der Waals surface area contributed by atoms with Gasteiger partial charge in [-0.2, -0.15) is 0 Å². The van der Waals surface area contributed by atoms with Crippen molar-refractivity contribution in [2.45, 2.75) is 52.0 Å². The number of hydrogen-bond donors (Lipinski definition) is 1. The van der Waals surface area contributed by atoms with Gasteiger partial charge in [-0.3, -0.25) is 0 Å². The van der Waals surface area contributed by atoms with E-state index in [9.17, 15) is 0 Å². The zero-order valence-corrected chi connectivity index (χ0v) is 10.8. The molecule has 1 aliphatic carbocycles. The maximum atomic E-state index is 3.47. The Morgan fingerprint density at radius 2 is 1.93 bits per heavy atom. The van der Waals surface area contributed by atoms with Crippen molar-refractivity contribution in [3.8, 4) is 0 Å². The summed E-state index contributed by atoms with van der Waals surface area (Å²) in [5.41, 5.74) is 0. The first-order valence-corrected chi connectivity index (χ1v) is 6.64. The summed E-state index contributed by atoms with van der Waals surface area (Å²) < 4.78 is 0. The van der Waals surface area contributed by atoms with Gasteiger partial charge in [-0.25, -0.2) is 0 Å². The van der Waals surface area contributed by atoms with E-state index in [1.54, 1.807) is 0 Å². The molecule has 1 aliphatic rings. The van der Waals surface area contributed by atoms with E-state index in [-0.39, 0.29) is 0 Å². The molecule has 0 aromatic heterocycles. The molecule has 0 amide bonds. The molecule has 90 valence electrons. The minimum absolute atomic E-state index is 0.628. The Morgan fingerprint density at radius 3 is 2.53 bits per heavy atom. The number of nitrogens with zero attached hydrogens (tertiary/aromatic N) is 1. The summed E-state index contributed by atoms with van der Waals surface area (Å²) in [5, 5.41) is 3.47. The third-order valence-corrected chi connectivity index (χ3v) is 3.43. The molecule has 1 unspecified atom stereocenters. The van der Waals surface area contributed by atoms with Gasteiger partial charge in [0, 0.05) is 19.1 Å². The van der Waals surface area contributed by atoms with Gasteiger partial charge in [0.25, 0.3) is 0 Å². The van der Waals surface area contributed by atoms with E-state index in [1.807, 2.05) is 0 Å². The molecule has 0 spiro atoms. The molecule has 15 heavy (non-hydrogen) atoms. The quantitative estimate of drug-likeness (QED) is 0.728. The van der Waals surface area contributed by atoms with E-state index in [1.165, 1.54) is 45.2 Å². The van der Waals surface area contributed by atoms with Crippen molar-refractivity contribution in [2.24, 2.45) is 5.92 Å². The van der Waals surface area contributed by atoms with Crippen LogP contribution >= 0.6 is 0 Å². The van der Waals surface area contributed by atoms with Crippen molar-refractivity contribution in [3.63, 3.8) is 0 Å². The van der Waals surface area contributed by atoms with Gasteiger partial charge in [-0.05, 0) is 39.3 Å². The molecule has 0 radical (unpaired) electrons. The maximum absolute atomic E-state index is 3.47. The van der Waals surface area contributed by atoms with Gasteiger partial charge < -0.3 is 10.2 Å². The summed E-state index contributed by atoms with van der Waals surface area (Å²) >= 11 is 0. The van der Waals surface area contributed by atoms with Crippen molar-refractivity contribution in [1.29, 1.82) is 0 Å². The second-order valence-electron chi connectivity index (χ2n) is 5.18. The Balaban J connectivity index is 2.13. The lowest BCUT2D eigenvalue weighted by Crippen LogP contribution is -2.39. The third kappa shape index (κ3) is 5.53. The summed E-state index contributed by atoms with van der Waals surface area (Å²) in [7, 11) is 2.27. The van der Waals surface area contributed by atoms with Crippen LogP contribution in [0.5, 0.6) is 0 Å². The summed E-state index contributed by atoms with van der Waals surface area (Å²) in [6.45, 7) is 8.02. The molecule has 1 fully saturated rings. The van der Waals surface area contributed by atoms with Crippen LogP contribution in [0.25, 0.3) is 0 Å². The molecule has 2 nitrogen and oxygen atoms in total. The first-order valence-electron chi connectivity index (χ1n) is 6.64. The number of rotatable bonds is 6. The van der Waals surface area contributed by atoms with E-state index in [0.29, 0.717) is 6.04 Å². The van der Waals surface area contributed by atoms with Crippen LogP contribution in [0.4, 0.5) is 0 Å². The molecule has 0 bridgehead atoms. The Kier molecular flexibility index (Phi) is 6.26. The second kappa shape index (κ2) is 7.24. The first-order chi connectivity index (χ1) is 7.22. The zero-order chi connectivity index (χ0) is 11.1. The standard InChI is InChI=1S/C13H28N2/c1-4-14-12(2)10-15(3)11-13-8-6-5-7-9-13/h12-14H,4-11H2,1-3H3. The normalized spacial score (nSPS) is 20.8. The van der Waals surface area contributed by atoms with E-state index in [4.69, 9.17) is 0 Å². The van der Waals surface area contributed by atoms with Crippen LogP contribution in [-0.4, -0.2) is 37.6 Å². The zero-order valence-electron chi connectivity index (χ0n) is 10.8. The van der Waals surface area contributed by atoms with Crippen molar-refractivity contribution in [2.75, 3.05) is 26.7 Å². The van der Waals surface area contributed by atoms with E-state index < -0.39 is 0 Å². The highest BCUT2D eigenvalue weighted by molar-refractivity contribution is 4.71. The SMILES string of the molecule is CCNC(C)CN(C)CC1CCCCC1. The molecule has 0 saturated heterocycles. The lowest BCUT2D eigenvalue weighted by Gasteiger charge is -2.28. The highest BCUT2D eigenvalue weighted by Crippen LogP contribution is 2.23. The van der Waals surface area contributed by atoms with E-state index in [0.717, 1.165) is 12.5 Å². The molecular weight excluding hydrogens is 184 g/mol. The Morgan fingerprint density at radius 1 is 1.27 bits per heavy atom. The molecule has 1 rings (SSSR count). The number of hydrogen-bond acceptors (Lipinski definition) is 2. The minimum atomic E-state index is 0.628. The van der Waals surface area contributed by atoms with Gasteiger partial charge >= 0.3 is 0 Å². The summed E-state index contributed by atoms with van der Waals surface area (Å²) in [6, 6.07) is 0.628. The monoisotopic (exact) mass is 212 g/mol. The Labute approximate surface area is 95.4 Å². The molecule has 1 N–H and O–H groups in total. The average molecular weight is 212 g/mol. The molecular formula is C13H28N2. The fourth-order valence-corrected chi connectivity index (χ4v) is 2.77. The van der Waals surface area contributed by atoms with Crippen LogP contribution in [0.1, 0.15) is 46.0 Å². The van der Waals surface area contributed by atoms with Gasteiger partial charge in [-0.15, -0.1) is 0 Å². The Hall–Kier alpha value is -0.0800. The van der Waals surface area contributed by atoms with Crippen LogP contribution in [-0.2, 0) is 0 Å². The van der Waals surface area contributed by atoms with Crippen molar-refractivity contribution < 1.29 is 0 Å². The Bertz CT molecular complexity index is 153. The van der Waals surface area contributed by atoms with Gasteiger partial charge in [0.2, 0.25) is 0 Å². The second-order valence-corrected chi connectivity index (χ2v) is 5.18. The van der Waals surface area contributed by atoms with Crippen molar-refractivity contribution in [3.05, 3.63) is 0 Å². The van der Waals surface area contributed by atoms with Crippen LogP contribution in [0.2, 0.25) is 0 Å². The van der Waals surface area contributed by atoms with Crippen LogP contribution < -0.4 is 5.32 Å². The van der Waals surface area contributed by atoms with E-state index >= 15 is 0 Å². The molecule has 1 atom stereocenters. The molecule has 0 aromatic rings. The maximum Gasteiger partial charge on any atom is 0.0166 e. The van der Waals surface area contributed by atoms with Gasteiger partial charge in [0.05, 0.1) is 0 Å². The molecule has 2 heteroatoms. The highest BCUT2D eigenvalue weighted by atomic mass is 15.1. The minimum Gasteiger partial charge on any atom is -0.313 e. The topological polar surface area (TPSA) is 15.3 Å². The fraction of sp³-hybridized carbons (Fsp3) is 1.00. The van der Waals surface area contributed by atoms with Crippen molar-refractivity contribution >= 4 is 0 Å². The van der Waals surface area contributed by atoms with Crippen LogP contribution in [0.3, 0.4) is 0 Å². The molecule has 0 aliphatic heterocycles. The number of nitrogens with one attached hydrogen (secondary N) is 1. The number of likely N-dealkylation sites (N-methyl/N-ethyl adjacent to an activating group) is 2. The fourth-order valence-electron chi connectivity index (χ4n) is 2.77. The van der Waals surface area contributed by atoms with E-state index in [2.05, 4.69) is 31.1 Å². The summed E-state index contributed by atoms with van der Waals surface area (Å²) in [6.07, 6.45) is 7.30. The van der Waals surface area contributed by atoms with Gasteiger partial charge in [0.15, 0.2) is 0 Å². The predicted octanol–water partition coefficient (Wildman–Crippen LogP) is 2.50. The lowest BCUT2D eigenvalue weighted by molar-refractivity contribution is 0.219. The first kappa shape index (κ1) is 13.0. The highest BCUT2D eigenvalue weighted by Gasteiger charge is 2.15. The third-order valence-electron chi connectivity index (χ3n) is 3.43. The van der Waals surface area contributed by atoms with Gasteiger partial charge in [-0.1, -0.05) is 26.2 Å². The van der Waals surface area contributed by atoms with Crippen molar-refractivity contribution in [1.82, 2.24) is 10.2 Å². The molecule has 1 saturated carbocycles. The lowest BCUT2D eigenvalue weighted by atomic mass is 9.89. The van der Waals surface area contributed by atoms with Gasteiger partial charge in [0.1, 0.15) is 0 Å². The molecule has 0 heterocycles. The summed E-state index contributed by atoms with van der Waals surface area (Å²) in [4.78, 5) is 2.50. The molecule has 0 aromatic carbocycles.